The summed E-state index contributed by atoms with van der Waals surface area (Å²) in [5, 5.41) is 9.15. The van der Waals surface area contributed by atoms with Gasteiger partial charge in [-0.05, 0) is 31.2 Å². The molecule has 15 heavy (non-hydrogen) atoms. The molecule has 1 heterocycles. The van der Waals surface area contributed by atoms with Crippen molar-refractivity contribution in [2.24, 2.45) is 11.8 Å². The molecule has 0 aliphatic carbocycles. The van der Waals surface area contributed by atoms with Crippen molar-refractivity contribution < 1.29 is 9.90 Å². The Balaban J connectivity index is 2.52. The van der Waals surface area contributed by atoms with E-state index in [1.165, 1.54) is 0 Å². The summed E-state index contributed by atoms with van der Waals surface area (Å²) in [6, 6.07) is -0.251. The summed E-state index contributed by atoms with van der Waals surface area (Å²) in [5.41, 5.74) is 0. The molecule has 0 aromatic carbocycles. The number of aliphatic carboxylic acids is 1. The van der Waals surface area contributed by atoms with Gasteiger partial charge in [-0.25, -0.2) is 0 Å². The summed E-state index contributed by atoms with van der Waals surface area (Å²) in [4.78, 5) is 13.3. The van der Waals surface area contributed by atoms with E-state index in [1.807, 2.05) is 6.92 Å². The first-order chi connectivity index (χ1) is 7.06. The number of carboxylic acid groups (broad SMARTS) is 1. The Hall–Kier alpha value is -0.570. The quantitative estimate of drug-likeness (QED) is 0.761. The molecule has 3 heteroatoms. The van der Waals surface area contributed by atoms with Gasteiger partial charge in [-0.3, -0.25) is 9.69 Å². The molecule has 1 N–H and O–H groups in total. The van der Waals surface area contributed by atoms with E-state index < -0.39 is 5.97 Å². The highest BCUT2D eigenvalue weighted by molar-refractivity contribution is 5.73. The Kier molecular flexibility index (Phi) is 4.58. The summed E-state index contributed by atoms with van der Waals surface area (Å²) in [6.45, 7) is 8.42. The number of hydrogen-bond acceptors (Lipinski definition) is 2. The number of hydrogen-bond donors (Lipinski definition) is 1. The maximum Gasteiger partial charge on any atom is 0.320 e. The maximum atomic E-state index is 11.1. The molecule has 0 bridgehead atoms. The molecule has 88 valence electrons. The van der Waals surface area contributed by atoms with E-state index in [9.17, 15) is 4.79 Å². The third-order valence-electron chi connectivity index (χ3n) is 3.49. The van der Waals surface area contributed by atoms with Crippen LogP contribution in [0.2, 0.25) is 0 Å². The summed E-state index contributed by atoms with van der Waals surface area (Å²) in [7, 11) is 0. The minimum Gasteiger partial charge on any atom is -0.480 e. The van der Waals surface area contributed by atoms with Gasteiger partial charge in [0.1, 0.15) is 6.04 Å². The molecular weight excluding hydrogens is 190 g/mol. The van der Waals surface area contributed by atoms with E-state index in [-0.39, 0.29) is 6.04 Å². The Bertz CT molecular complexity index is 216. The molecule has 1 aliphatic rings. The number of carboxylic acids is 1. The van der Waals surface area contributed by atoms with Crippen LogP contribution in [-0.2, 0) is 4.79 Å². The van der Waals surface area contributed by atoms with Crippen LogP contribution in [0.25, 0.3) is 0 Å². The van der Waals surface area contributed by atoms with Crippen molar-refractivity contribution in [1.82, 2.24) is 4.90 Å². The van der Waals surface area contributed by atoms with Gasteiger partial charge in [-0.1, -0.05) is 27.2 Å². The van der Waals surface area contributed by atoms with Gasteiger partial charge in [-0.15, -0.1) is 0 Å². The van der Waals surface area contributed by atoms with Gasteiger partial charge in [0, 0.05) is 6.54 Å². The van der Waals surface area contributed by atoms with Crippen LogP contribution in [0, 0.1) is 11.8 Å². The zero-order valence-corrected chi connectivity index (χ0v) is 10.1. The highest BCUT2D eigenvalue weighted by atomic mass is 16.4. The first-order valence-electron chi connectivity index (χ1n) is 6.03. The molecule has 2 atom stereocenters. The lowest BCUT2D eigenvalue weighted by Crippen LogP contribution is -2.39. The van der Waals surface area contributed by atoms with Crippen LogP contribution in [-0.4, -0.2) is 35.1 Å². The van der Waals surface area contributed by atoms with Crippen molar-refractivity contribution >= 4 is 5.97 Å². The molecule has 0 saturated carbocycles. The molecule has 1 fully saturated rings. The first-order valence-corrected chi connectivity index (χ1v) is 6.03. The molecule has 2 unspecified atom stereocenters. The summed E-state index contributed by atoms with van der Waals surface area (Å²) in [5.74, 6) is 0.705. The highest BCUT2D eigenvalue weighted by Gasteiger charge is 2.32. The topological polar surface area (TPSA) is 40.5 Å². The third kappa shape index (κ3) is 3.20. The van der Waals surface area contributed by atoms with Crippen molar-refractivity contribution in [3.05, 3.63) is 0 Å². The van der Waals surface area contributed by atoms with Gasteiger partial charge in [0.05, 0.1) is 0 Å². The normalized spacial score (nSPS) is 24.7. The molecule has 1 aliphatic heterocycles. The van der Waals surface area contributed by atoms with Crippen molar-refractivity contribution in [2.75, 3.05) is 13.1 Å². The van der Waals surface area contributed by atoms with Gasteiger partial charge in [0.25, 0.3) is 0 Å². The SMILES string of the molecule is CCCC(C(=O)O)N1CCC(C(C)C)C1. The Labute approximate surface area is 92.5 Å². The van der Waals surface area contributed by atoms with E-state index in [1.54, 1.807) is 0 Å². The maximum absolute atomic E-state index is 11.1. The molecule has 3 nitrogen and oxygen atoms in total. The number of nitrogens with zero attached hydrogens (tertiary/aromatic N) is 1. The second-order valence-electron chi connectivity index (χ2n) is 4.93. The van der Waals surface area contributed by atoms with Crippen molar-refractivity contribution in [3.63, 3.8) is 0 Å². The first kappa shape index (κ1) is 12.5. The molecule has 0 radical (unpaired) electrons. The lowest BCUT2D eigenvalue weighted by molar-refractivity contribution is -0.143. The van der Waals surface area contributed by atoms with E-state index in [0.29, 0.717) is 11.8 Å². The largest absolute Gasteiger partial charge is 0.480 e. The standard InChI is InChI=1S/C12H23NO2/c1-4-5-11(12(14)15)13-7-6-10(8-13)9(2)3/h9-11H,4-8H2,1-3H3,(H,14,15). The number of likely N-dealkylation sites (tertiary alicyclic amines) is 1. The van der Waals surface area contributed by atoms with E-state index in [0.717, 1.165) is 32.4 Å². The fourth-order valence-electron chi connectivity index (χ4n) is 2.38. The number of carbonyl (C=O) groups is 1. The van der Waals surface area contributed by atoms with Crippen molar-refractivity contribution in [3.8, 4) is 0 Å². The molecule has 0 amide bonds. The molecule has 1 rings (SSSR count). The fraction of sp³-hybridized carbons (Fsp3) is 0.917. The van der Waals surface area contributed by atoms with Gasteiger partial charge in [-0.2, -0.15) is 0 Å². The van der Waals surface area contributed by atoms with Crippen LogP contribution in [0.5, 0.6) is 0 Å². The second-order valence-corrected chi connectivity index (χ2v) is 4.93. The lowest BCUT2D eigenvalue weighted by atomic mass is 9.95. The minimum absolute atomic E-state index is 0.251. The van der Waals surface area contributed by atoms with Gasteiger partial charge >= 0.3 is 5.97 Å². The Morgan fingerprint density at radius 2 is 2.20 bits per heavy atom. The average Bonchev–Trinajstić information content (AvgIpc) is 2.62. The summed E-state index contributed by atoms with van der Waals surface area (Å²) >= 11 is 0. The molecule has 0 aromatic rings. The summed E-state index contributed by atoms with van der Waals surface area (Å²) in [6.07, 6.45) is 2.88. The van der Waals surface area contributed by atoms with Gasteiger partial charge in [0.15, 0.2) is 0 Å². The van der Waals surface area contributed by atoms with Crippen LogP contribution < -0.4 is 0 Å². The van der Waals surface area contributed by atoms with E-state index >= 15 is 0 Å². The van der Waals surface area contributed by atoms with E-state index in [4.69, 9.17) is 5.11 Å². The zero-order valence-electron chi connectivity index (χ0n) is 10.1. The van der Waals surface area contributed by atoms with Crippen LogP contribution in [0.4, 0.5) is 0 Å². The van der Waals surface area contributed by atoms with Crippen molar-refractivity contribution in [1.29, 1.82) is 0 Å². The van der Waals surface area contributed by atoms with Crippen molar-refractivity contribution in [2.45, 2.75) is 46.1 Å². The molecular formula is C12H23NO2. The monoisotopic (exact) mass is 213 g/mol. The third-order valence-corrected chi connectivity index (χ3v) is 3.49. The van der Waals surface area contributed by atoms with Crippen LogP contribution in [0.3, 0.4) is 0 Å². The zero-order chi connectivity index (χ0) is 11.4. The smallest absolute Gasteiger partial charge is 0.320 e. The molecule has 1 saturated heterocycles. The van der Waals surface area contributed by atoms with E-state index in [2.05, 4.69) is 18.7 Å². The van der Waals surface area contributed by atoms with Gasteiger partial charge < -0.3 is 5.11 Å². The van der Waals surface area contributed by atoms with Crippen LogP contribution >= 0.6 is 0 Å². The minimum atomic E-state index is -0.652. The van der Waals surface area contributed by atoms with Crippen LogP contribution in [0.15, 0.2) is 0 Å². The Morgan fingerprint density at radius 3 is 2.60 bits per heavy atom. The number of rotatable bonds is 5. The Morgan fingerprint density at radius 1 is 1.53 bits per heavy atom. The molecule has 0 aromatic heterocycles. The highest BCUT2D eigenvalue weighted by Crippen LogP contribution is 2.26. The van der Waals surface area contributed by atoms with Gasteiger partial charge in [0.2, 0.25) is 0 Å². The fourth-order valence-corrected chi connectivity index (χ4v) is 2.38. The second kappa shape index (κ2) is 5.50. The average molecular weight is 213 g/mol. The lowest BCUT2D eigenvalue weighted by Gasteiger charge is -2.24. The predicted molar refractivity (Wildman–Crippen MR) is 60.8 cm³/mol. The predicted octanol–water partition coefficient (Wildman–Crippen LogP) is 2.22. The van der Waals surface area contributed by atoms with Crippen LogP contribution in [0.1, 0.15) is 40.0 Å². The molecule has 0 spiro atoms. The summed E-state index contributed by atoms with van der Waals surface area (Å²) < 4.78 is 0.